The van der Waals surface area contributed by atoms with E-state index in [2.05, 4.69) is 18.6 Å². The summed E-state index contributed by atoms with van der Waals surface area (Å²) in [7, 11) is 1.39. The van der Waals surface area contributed by atoms with Crippen molar-refractivity contribution in [2.45, 2.75) is 51.9 Å². The average molecular weight is 356 g/mol. The van der Waals surface area contributed by atoms with Gasteiger partial charge in [0.2, 0.25) is 6.29 Å². The van der Waals surface area contributed by atoms with E-state index in [0.717, 1.165) is 19.3 Å². The molecule has 3 aliphatic rings. The van der Waals surface area contributed by atoms with Gasteiger partial charge >= 0.3 is 11.9 Å². The molecule has 2 aliphatic heterocycles. The van der Waals surface area contributed by atoms with Crippen LogP contribution in [0.4, 0.5) is 0 Å². The largest absolute Gasteiger partial charge is 0.468 e. The van der Waals surface area contributed by atoms with Gasteiger partial charge in [-0.25, -0.2) is 0 Å². The fraction of sp³-hybridized carbons (Fsp3) is 0.889. The Labute approximate surface area is 148 Å². The predicted octanol–water partition coefficient (Wildman–Crippen LogP) is 2.87. The lowest BCUT2D eigenvalue weighted by molar-refractivity contribution is -0.239. The number of carbonyl (C=O) groups excluding carboxylic acids is 2. The maximum atomic E-state index is 12.6. The van der Waals surface area contributed by atoms with Gasteiger partial charge in [0, 0.05) is 11.7 Å². The molecule has 0 spiro atoms. The van der Waals surface area contributed by atoms with Crippen molar-refractivity contribution in [2.24, 2.45) is 29.6 Å². The highest BCUT2D eigenvalue weighted by molar-refractivity contribution is 7.99. The van der Waals surface area contributed by atoms with Crippen molar-refractivity contribution in [3.05, 3.63) is 0 Å². The fourth-order valence-electron chi connectivity index (χ4n) is 4.73. The van der Waals surface area contributed by atoms with Crippen molar-refractivity contribution >= 4 is 23.7 Å². The molecule has 7 atom stereocenters. The predicted molar refractivity (Wildman–Crippen MR) is 91.4 cm³/mol. The van der Waals surface area contributed by atoms with Crippen molar-refractivity contribution in [3.8, 4) is 0 Å². The summed E-state index contributed by atoms with van der Waals surface area (Å²) in [6, 6.07) is 0. The second kappa shape index (κ2) is 7.65. The lowest BCUT2D eigenvalue weighted by atomic mass is 9.61. The quantitative estimate of drug-likeness (QED) is 0.722. The van der Waals surface area contributed by atoms with Gasteiger partial charge in [-0.15, -0.1) is 11.8 Å². The molecular weight excluding hydrogens is 328 g/mol. The second-order valence-electron chi connectivity index (χ2n) is 7.49. The van der Waals surface area contributed by atoms with Gasteiger partial charge in [0.05, 0.1) is 24.9 Å². The number of carbonyl (C=O) groups is 2. The standard InChI is InChI=1S/C18H28O5S/c1-10-4-6-13-14(8-24-9-15(19)21-3)17(20)23-18-16(13)12(10)7-5-11(2)22-18/h10-14,16,18H,4-9H2,1-3H3/t10-,11?,12?,13?,14?,16?,18?/m1/s1. The summed E-state index contributed by atoms with van der Waals surface area (Å²) in [5, 5.41) is 0. The molecule has 0 radical (unpaired) electrons. The third kappa shape index (κ3) is 3.59. The van der Waals surface area contributed by atoms with E-state index in [4.69, 9.17) is 9.47 Å². The Morgan fingerprint density at radius 2 is 1.96 bits per heavy atom. The average Bonchev–Trinajstić information content (AvgIpc) is 2.72. The minimum absolute atomic E-state index is 0.132. The number of hydrogen-bond acceptors (Lipinski definition) is 6. The molecule has 0 aromatic carbocycles. The Bertz CT molecular complexity index is 482. The van der Waals surface area contributed by atoms with E-state index in [1.165, 1.54) is 25.3 Å². The van der Waals surface area contributed by atoms with E-state index in [1.807, 2.05) is 0 Å². The van der Waals surface area contributed by atoms with Crippen molar-refractivity contribution < 1.29 is 23.8 Å². The van der Waals surface area contributed by atoms with Crippen LogP contribution in [-0.2, 0) is 23.8 Å². The number of rotatable bonds is 4. The third-order valence-corrected chi connectivity index (χ3v) is 7.09. The van der Waals surface area contributed by atoms with E-state index < -0.39 is 0 Å². The molecule has 0 amide bonds. The van der Waals surface area contributed by atoms with Gasteiger partial charge in [-0.3, -0.25) is 9.59 Å². The highest BCUT2D eigenvalue weighted by atomic mass is 32.2. The van der Waals surface area contributed by atoms with E-state index in [1.54, 1.807) is 0 Å². The van der Waals surface area contributed by atoms with Crippen LogP contribution in [-0.4, -0.2) is 42.9 Å². The summed E-state index contributed by atoms with van der Waals surface area (Å²) in [5.74, 6) is 2.22. The smallest absolute Gasteiger partial charge is 0.315 e. The van der Waals surface area contributed by atoms with Crippen LogP contribution in [0.25, 0.3) is 0 Å². The molecule has 2 heterocycles. The summed E-state index contributed by atoms with van der Waals surface area (Å²) in [6.07, 6.45) is 4.17. The molecule has 6 heteroatoms. The normalized spacial score (nSPS) is 41.8. The zero-order valence-corrected chi connectivity index (χ0v) is 15.6. The minimum atomic E-state index is -0.380. The van der Waals surface area contributed by atoms with Crippen LogP contribution in [0.1, 0.15) is 39.5 Å². The number of methoxy groups -OCH3 is 1. The van der Waals surface area contributed by atoms with Gasteiger partial charge < -0.3 is 14.2 Å². The Kier molecular flexibility index (Phi) is 5.75. The molecule has 2 saturated heterocycles. The molecule has 1 saturated carbocycles. The van der Waals surface area contributed by atoms with Crippen LogP contribution < -0.4 is 0 Å². The summed E-state index contributed by atoms with van der Waals surface area (Å²) in [4.78, 5) is 23.9. The first-order valence-electron chi connectivity index (χ1n) is 9.01. The molecule has 0 bridgehead atoms. The molecule has 0 aromatic heterocycles. The molecule has 5 nitrogen and oxygen atoms in total. The first-order valence-corrected chi connectivity index (χ1v) is 10.2. The number of ether oxygens (including phenoxy) is 3. The van der Waals surface area contributed by atoms with Crippen LogP contribution in [0.15, 0.2) is 0 Å². The zero-order chi connectivity index (χ0) is 17.3. The molecule has 3 rings (SSSR count). The van der Waals surface area contributed by atoms with Gasteiger partial charge in [0.1, 0.15) is 0 Å². The zero-order valence-electron chi connectivity index (χ0n) is 14.7. The Balaban J connectivity index is 1.74. The fourth-order valence-corrected chi connectivity index (χ4v) is 5.77. The summed E-state index contributed by atoms with van der Waals surface area (Å²) >= 11 is 1.47. The molecule has 1 aliphatic carbocycles. The summed E-state index contributed by atoms with van der Waals surface area (Å²) in [6.45, 7) is 4.40. The summed E-state index contributed by atoms with van der Waals surface area (Å²) in [5.41, 5.74) is 0. The van der Waals surface area contributed by atoms with E-state index >= 15 is 0 Å². The van der Waals surface area contributed by atoms with Crippen molar-refractivity contribution in [2.75, 3.05) is 18.6 Å². The molecular formula is C18H28O5S. The Morgan fingerprint density at radius 1 is 1.21 bits per heavy atom. The first kappa shape index (κ1) is 18.1. The lowest BCUT2D eigenvalue weighted by Crippen LogP contribution is -2.52. The van der Waals surface area contributed by atoms with Gasteiger partial charge in [0.15, 0.2) is 0 Å². The molecule has 6 unspecified atom stereocenters. The number of thioether (sulfide) groups is 1. The lowest BCUT2D eigenvalue weighted by Gasteiger charge is -2.49. The second-order valence-corrected chi connectivity index (χ2v) is 8.52. The Morgan fingerprint density at radius 3 is 2.71 bits per heavy atom. The van der Waals surface area contributed by atoms with Crippen molar-refractivity contribution in [1.29, 1.82) is 0 Å². The van der Waals surface area contributed by atoms with Gasteiger partial charge in [-0.05, 0) is 43.9 Å². The van der Waals surface area contributed by atoms with Crippen LogP contribution in [0.3, 0.4) is 0 Å². The third-order valence-electron chi connectivity index (χ3n) is 6.06. The molecule has 24 heavy (non-hydrogen) atoms. The van der Waals surface area contributed by atoms with Crippen molar-refractivity contribution in [3.63, 3.8) is 0 Å². The summed E-state index contributed by atoms with van der Waals surface area (Å²) < 4.78 is 16.5. The monoisotopic (exact) mass is 356 g/mol. The van der Waals surface area contributed by atoms with Gasteiger partial charge in [0.25, 0.3) is 0 Å². The van der Waals surface area contributed by atoms with E-state index in [0.29, 0.717) is 29.4 Å². The maximum absolute atomic E-state index is 12.6. The molecule has 0 N–H and O–H groups in total. The van der Waals surface area contributed by atoms with Gasteiger partial charge in [-0.2, -0.15) is 0 Å². The Hall–Kier alpha value is -0.750. The van der Waals surface area contributed by atoms with Gasteiger partial charge in [-0.1, -0.05) is 13.3 Å². The van der Waals surface area contributed by atoms with Crippen LogP contribution in [0, 0.1) is 29.6 Å². The van der Waals surface area contributed by atoms with Crippen LogP contribution >= 0.6 is 11.8 Å². The van der Waals surface area contributed by atoms with Crippen molar-refractivity contribution in [1.82, 2.24) is 0 Å². The van der Waals surface area contributed by atoms with E-state index in [-0.39, 0.29) is 36.0 Å². The number of esters is 2. The SMILES string of the molecule is COC(=O)CSCC1C(=O)OC2OC(C)CCC3C2C1CC[C@H]3C. The first-order chi connectivity index (χ1) is 11.5. The topological polar surface area (TPSA) is 61.8 Å². The van der Waals surface area contributed by atoms with E-state index in [9.17, 15) is 9.59 Å². The molecule has 136 valence electrons. The van der Waals surface area contributed by atoms with Crippen LogP contribution in [0.5, 0.6) is 0 Å². The highest BCUT2D eigenvalue weighted by Crippen LogP contribution is 2.51. The molecule has 3 fully saturated rings. The maximum Gasteiger partial charge on any atom is 0.315 e. The molecule has 0 aromatic rings. The minimum Gasteiger partial charge on any atom is -0.468 e. The van der Waals surface area contributed by atoms with Crippen LogP contribution in [0.2, 0.25) is 0 Å². The number of hydrogen-bond donors (Lipinski definition) is 0. The highest BCUT2D eigenvalue weighted by Gasteiger charge is 2.53.